The van der Waals surface area contributed by atoms with Crippen LogP contribution in [0.2, 0.25) is 0 Å². The van der Waals surface area contributed by atoms with Crippen LogP contribution < -0.4 is 4.74 Å². The van der Waals surface area contributed by atoms with Crippen LogP contribution in [0.15, 0.2) is 24.3 Å². The third-order valence-corrected chi connectivity index (χ3v) is 3.26. The first-order valence-corrected chi connectivity index (χ1v) is 9.07. The number of nitrogens with zero attached hydrogens (tertiary/aromatic N) is 1. The second kappa shape index (κ2) is 16.6. The van der Waals surface area contributed by atoms with Crippen molar-refractivity contribution >= 4 is 11.7 Å². The molecule has 0 amide bonds. The van der Waals surface area contributed by atoms with Crippen LogP contribution in [0.5, 0.6) is 5.75 Å². The minimum absolute atomic E-state index is 0.0184. The summed E-state index contributed by atoms with van der Waals surface area (Å²) in [6.07, 6.45) is 0. The summed E-state index contributed by atoms with van der Waals surface area (Å²) in [6.45, 7) is 3.47. The molecule has 0 aliphatic heterocycles. The van der Waals surface area contributed by atoms with E-state index >= 15 is 0 Å². The lowest BCUT2D eigenvalue weighted by Crippen LogP contribution is -2.15. The summed E-state index contributed by atoms with van der Waals surface area (Å²) in [5.41, 5.74) is 0.0184. The SMILES string of the molecule is O=C(O)COCCOCCOCCOCCOCCOc1ccc([N+](=O)[O-])cc1. The Morgan fingerprint density at radius 2 is 1.17 bits per heavy atom. The fraction of sp³-hybridized carbons (Fsp3) is 0.611. The Bertz CT molecular complexity index is 566. The van der Waals surface area contributed by atoms with E-state index < -0.39 is 10.9 Å². The third kappa shape index (κ3) is 14.4. The molecule has 29 heavy (non-hydrogen) atoms. The number of benzene rings is 1. The van der Waals surface area contributed by atoms with Crippen molar-refractivity contribution in [3.05, 3.63) is 34.4 Å². The van der Waals surface area contributed by atoms with Gasteiger partial charge in [0.15, 0.2) is 0 Å². The highest BCUT2D eigenvalue weighted by Crippen LogP contribution is 2.16. The summed E-state index contributed by atoms with van der Waals surface area (Å²) in [6, 6.07) is 5.85. The molecule has 0 heterocycles. The van der Waals surface area contributed by atoms with Gasteiger partial charge in [0.2, 0.25) is 0 Å². The maximum Gasteiger partial charge on any atom is 0.329 e. The molecule has 0 saturated carbocycles. The van der Waals surface area contributed by atoms with Crippen LogP contribution in [0.4, 0.5) is 5.69 Å². The molecule has 1 rings (SSSR count). The van der Waals surface area contributed by atoms with Gasteiger partial charge in [-0.1, -0.05) is 0 Å². The number of hydrogen-bond acceptors (Lipinski definition) is 9. The molecular formula is C18H27NO10. The van der Waals surface area contributed by atoms with Gasteiger partial charge in [0, 0.05) is 12.1 Å². The van der Waals surface area contributed by atoms with Crippen LogP contribution in [-0.4, -0.2) is 88.7 Å². The molecule has 164 valence electrons. The molecule has 0 aromatic heterocycles. The van der Waals surface area contributed by atoms with Gasteiger partial charge < -0.3 is 33.5 Å². The van der Waals surface area contributed by atoms with Gasteiger partial charge in [-0.2, -0.15) is 0 Å². The number of rotatable bonds is 19. The molecule has 0 saturated heterocycles. The number of ether oxygens (including phenoxy) is 6. The zero-order chi connectivity index (χ0) is 21.2. The normalized spacial score (nSPS) is 10.8. The first kappa shape index (κ1) is 24.7. The first-order chi connectivity index (χ1) is 14.1. The van der Waals surface area contributed by atoms with Crippen LogP contribution in [0.3, 0.4) is 0 Å². The highest BCUT2D eigenvalue weighted by molar-refractivity contribution is 5.67. The molecule has 0 aliphatic rings. The Morgan fingerprint density at radius 3 is 1.59 bits per heavy atom. The Balaban J connectivity index is 1.79. The first-order valence-electron chi connectivity index (χ1n) is 9.07. The molecule has 0 radical (unpaired) electrons. The van der Waals surface area contributed by atoms with Crippen LogP contribution in [-0.2, 0) is 28.5 Å². The smallest absolute Gasteiger partial charge is 0.329 e. The van der Waals surface area contributed by atoms with E-state index in [-0.39, 0.29) is 18.9 Å². The van der Waals surface area contributed by atoms with E-state index in [1.54, 1.807) is 12.1 Å². The zero-order valence-electron chi connectivity index (χ0n) is 16.2. The number of hydrogen-bond donors (Lipinski definition) is 1. The van der Waals surface area contributed by atoms with Crippen LogP contribution in [0.25, 0.3) is 0 Å². The van der Waals surface area contributed by atoms with E-state index in [9.17, 15) is 14.9 Å². The van der Waals surface area contributed by atoms with Crippen LogP contribution in [0.1, 0.15) is 0 Å². The predicted octanol–water partition coefficient (Wildman–Crippen LogP) is 1.14. The fourth-order valence-corrected chi connectivity index (χ4v) is 1.92. The second-order valence-electron chi connectivity index (χ2n) is 5.50. The Hall–Kier alpha value is -2.31. The zero-order valence-corrected chi connectivity index (χ0v) is 16.2. The van der Waals surface area contributed by atoms with Gasteiger partial charge in [-0.15, -0.1) is 0 Å². The third-order valence-electron chi connectivity index (χ3n) is 3.26. The summed E-state index contributed by atoms with van der Waals surface area (Å²) < 4.78 is 31.4. The van der Waals surface area contributed by atoms with Gasteiger partial charge in [-0.25, -0.2) is 4.79 Å². The van der Waals surface area contributed by atoms with Gasteiger partial charge in [0.1, 0.15) is 19.0 Å². The van der Waals surface area contributed by atoms with Crippen LogP contribution in [0, 0.1) is 10.1 Å². The highest BCUT2D eigenvalue weighted by atomic mass is 16.6. The number of non-ortho nitro benzene ring substituents is 1. The molecule has 1 aromatic carbocycles. The molecule has 0 fully saturated rings. The average Bonchev–Trinajstić information content (AvgIpc) is 2.70. The lowest BCUT2D eigenvalue weighted by Gasteiger charge is -2.08. The van der Waals surface area contributed by atoms with Gasteiger partial charge >= 0.3 is 5.97 Å². The molecular weight excluding hydrogens is 390 g/mol. The summed E-state index contributed by atoms with van der Waals surface area (Å²) >= 11 is 0. The van der Waals surface area contributed by atoms with Gasteiger partial charge in [0.05, 0.1) is 64.4 Å². The topological polar surface area (TPSA) is 136 Å². The van der Waals surface area contributed by atoms with Crippen molar-refractivity contribution < 1.29 is 43.2 Å². The Labute approximate surface area is 168 Å². The molecule has 0 unspecified atom stereocenters. The fourth-order valence-electron chi connectivity index (χ4n) is 1.92. The van der Waals surface area contributed by atoms with Crippen molar-refractivity contribution in [1.82, 2.24) is 0 Å². The number of aliphatic carboxylic acids is 1. The average molecular weight is 417 g/mol. The van der Waals surface area contributed by atoms with Gasteiger partial charge in [-0.05, 0) is 12.1 Å². The molecule has 0 bridgehead atoms. The van der Waals surface area contributed by atoms with Gasteiger partial charge in [0.25, 0.3) is 5.69 Å². The molecule has 0 aliphatic carbocycles. The maximum absolute atomic E-state index is 10.5. The summed E-state index contributed by atoms with van der Waals surface area (Å²) in [5, 5.41) is 18.9. The van der Waals surface area contributed by atoms with Crippen molar-refractivity contribution in [3.8, 4) is 5.75 Å². The van der Waals surface area contributed by atoms with E-state index in [0.29, 0.717) is 65.2 Å². The predicted molar refractivity (Wildman–Crippen MR) is 100 cm³/mol. The van der Waals surface area contributed by atoms with E-state index in [1.165, 1.54) is 12.1 Å². The quantitative estimate of drug-likeness (QED) is 0.198. The second-order valence-corrected chi connectivity index (χ2v) is 5.50. The number of nitro groups is 1. The molecule has 0 spiro atoms. The van der Waals surface area contributed by atoms with Crippen molar-refractivity contribution in [2.24, 2.45) is 0 Å². The lowest BCUT2D eigenvalue weighted by atomic mass is 10.3. The van der Waals surface area contributed by atoms with E-state index in [4.69, 9.17) is 33.5 Å². The van der Waals surface area contributed by atoms with Crippen molar-refractivity contribution in [2.75, 3.05) is 72.7 Å². The summed E-state index contributed by atoms with van der Waals surface area (Å²) in [5.74, 6) is -0.460. The van der Waals surface area contributed by atoms with Crippen molar-refractivity contribution in [3.63, 3.8) is 0 Å². The monoisotopic (exact) mass is 417 g/mol. The summed E-state index contributed by atoms with van der Waals surface area (Å²) in [4.78, 5) is 20.3. The maximum atomic E-state index is 10.5. The van der Waals surface area contributed by atoms with E-state index in [2.05, 4.69) is 0 Å². The molecule has 11 heteroatoms. The standard InChI is InChI=1S/C18H27NO10/c20-18(21)15-28-12-11-26-8-7-24-5-6-25-9-10-27-13-14-29-17-3-1-16(2-4-17)19(22)23/h1-4H,5-15H2,(H,20,21). The lowest BCUT2D eigenvalue weighted by molar-refractivity contribution is -0.384. The Kier molecular flexibility index (Phi) is 14.2. The largest absolute Gasteiger partial charge is 0.491 e. The minimum Gasteiger partial charge on any atom is -0.491 e. The van der Waals surface area contributed by atoms with E-state index in [1.807, 2.05) is 0 Å². The number of carbonyl (C=O) groups is 1. The Morgan fingerprint density at radius 1 is 0.759 bits per heavy atom. The number of carboxylic acid groups (broad SMARTS) is 1. The van der Waals surface area contributed by atoms with E-state index in [0.717, 1.165) is 0 Å². The summed E-state index contributed by atoms with van der Waals surface area (Å²) in [7, 11) is 0. The molecule has 1 N–H and O–H groups in total. The highest BCUT2D eigenvalue weighted by Gasteiger charge is 2.04. The minimum atomic E-state index is -1.01. The number of nitro benzene ring substituents is 1. The molecule has 11 nitrogen and oxygen atoms in total. The van der Waals surface area contributed by atoms with Crippen molar-refractivity contribution in [1.29, 1.82) is 0 Å². The van der Waals surface area contributed by atoms with Crippen molar-refractivity contribution in [2.45, 2.75) is 0 Å². The molecule has 0 atom stereocenters. The van der Waals surface area contributed by atoms with Gasteiger partial charge in [-0.3, -0.25) is 10.1 Å². The van der Waals surface area contributed by atoms with Crippen LogP contribution >= 0.6 is 0 Å². The number of carboxylic acids is 1. The molecule has 1 aromatic rings.